The van der Waals surface area contributed by atoms with Crippen molar-refractivity contribution in [3.63, 3.8) is 0 Å². The summed E-state index contributed by atoms with van der Waals surface area (Å²) < 4.78 is 5.41. The van der Waals surface area contributed by atoms with Gasteiger partial charge in [-0.25, -0.2) is 0 Å². The molecule has 5 nitrogen and oxygen atoms in total. The second kappa shape index (κ2) is 7.32. The number of amides is 1. The lowest BCUT2D eigenvalue weighted by molar-refractivity contribution is 0.0602. The Hall–Kier alpha value is -2.79. The normalized spacial score (nSPS) is 17.6. The number of carbonyl (C=O) groups is 1. The van der Waals surface area contributed by atoms with Gasteiger partial charge in [0.2, 0.25) is 0 Å². The quantitative estimate of drug-likeness (QED) is 0.724. The average Bonchev–Trinajstić information content (AvgIpc) is 3.10. The minimum Gasteiger partial charge on any atom is -0.497 e. The zero-order chi connectivity index (χ0) is 19.8. The predicted molar refractivity (Wildman–Crippen MR) is 112 cm³/mol. The molecule has 1 aliphatic rings. The maximum Gasteiger partial charge on any atom is 0.254 e. The summed E-state index contributed by atoms with van der Waals surface area (Å²) in [5.74, 6) is 1.10. The largest absolute Gasteiger partial charge is 0.497 e. The lowest BCUT2D eigenvalue weighted by atomic mass is 9.87. The van der Waals surface area contributed by atoms with Crippen molar-refractivity contribution in [1.29, 1.82) is 0 Å². The Morgan fingerprint density at radius 1 is 1.21 bits per heavy atom. The minimum absolute atomic E-state index is 0.0311. The van der Waals surface area contributed by atoms with Crippen LogP contribution >= 0.6 is 0 Å². The molecule has 0 radical (unpaired) electrons. The topological polar surface area (TPSA) is 71.3 Å². The highest BCUT2D eigenvalue weighted by atomic mass is 16.5. The number of nitrogens with zero attached hydrogens (tertiary/aromatic N) is 1. The molecule has 2 aromatic carbocycles. The monoisotopic (exact) mass is 377 g/mol. The summed E-state index contributed by atoms with van der Waals surface area (Å²) in [6, 6.07) is 15.2. The van der Waals surface area contributed by atoms with Gasteiger partial charge >= 0.3 is 0 Å². The molecule has 1 amide bonds. The molecule has 5 heteroatoms. The minimum atomic E-state index is -0.185. The van der Waals surface area contributed by atoms with E-state index in [1.165, 1.54) is 5.56 Å². The van der Waals surface area contributed by atoms with Gasteiger partial charge in [-0.05, 0) is 48.2 Å². The highest BCUT2D eigenvalue weighted by Gasteiger charge is 2.38. The first-order valence-corrected chi connectivity index (χ1v) is 9.81. The highest BCUT2D eigenvalue weighted by molar-refractivity contribution is 5.95. The van der Waals surface area contributed by atoms with E-state index in [-0.39, 0.29) is 23.9 Å². The van der Waals surface area contributed by atoms with Crippen molar-refractivity contribution in [3.05, 3.63) is 65.4 Å². The van der Waals surface area contributed by atoms with E-state index in [9.17, 15) is 4.79 Å². The van der Waals surface area contributed by atoms with E-state index in [1.807, 2.05) is 47.4 Å². The maximum absolute atomic E-state index is 13.3. The van der Waals surface area contributed by atoms with Crippen molar-refractivity contribution < 1.29 is 9.53 Å². The van der Waals surface area contributed by atoms with Gasteiger partial charge in [-0.2, -0.15) is 0 Å². The SMILES string of the molecule is COc1ccc2[nH]c3c(c2c1)CCN(C(=O)c1ccccc1)C3C(N)C(C)C. The van der Waals surface area contributed by atoms with Crippen LogP contribution in [0, 0.1) is 5.92 Å². The Morgan fingerprint density at radius 2 is 1.96 bits per heavy atom. The van der Waals surface area contributed by atoms with Crippen molar-refractivity contribution >= 4 is 16.8 Å². The summed E-state index contributed by atoms with van der Waals surface area (Å²) in [5, 5.41) is 1.15. The van der Waals surface area contributed by atoms with Gasteiger partial charge in [0.05, 0.1) is 13.2 Å². The van der Waals surface area contributed by atoms with E-state index in [4.69, 9.17) is 10.5 Å². The van der Waals surface area contributed by atoms with Crippen molar-refractivity contribution in [2.24, 2.45) is 11.7 Å². The standard InChI is InChI=1S/C23H27N3O2/c1-14(2)20(24)22-21-17(18-13-16(28-3)9-10-19(18)25-21)11-12-26(22)23(27)15-7-5-4-6-8-15/h4-10,13-14,20,22,25H,11-12,24H2,1-3H3. The van der Waals surface area contributed by atoms with E-state index in [0.29, 0.717) is 12.1 Å². The van der Waals surface area contributed by atoms with Gasteiger partial charge in [-0.1, -0.05) is 32.0 Å². The number of carbonyl (C=O) groups excluding carboxylic acids is 1. The lowest BCUT2D eigenvalue weighted by Crippen LogP contribution is -2.49. The van der Waals surface area contributed by atoms with Crippen molar-refractivity contribution in [1.82, 2.24) is 9.88 Å². The van der Waals surface area contributed by atoms with Crippen LogP contribution in [0.3, 0.4) is 0 Å². The number of rotatable bonds is 4. The van der Waals surface area contributed by atoms with Crippen LogP contribution in [0.2, 0.25) is 0 Å². The number of nitrogens with two attached hydrogens (primary N) is 1. The number of fused-ring (bicyclic) bond motifs is 3. The van der Waals surface area contributed by atoms with E-state index in [0.717, 1.165) is 28.8 Å². The number of ether oxygens (including phenoxy) is 1. The first kappa shape index (κ1) is 18.6. The third-order valence-electron chi connectivity index (χ3n) is 5.80. The number of aromatic nitrogens is 1. The van der Waals surface area contributed by atoms with Gasteiger partial charge in [0.15, 0.2) is 0 Å². The molecule has 0 saturated heterocycles. The van der Waals surface area contributed by atoms with Crippen LogP contribution in [0.15, 0.2) is 48.5 Å². The fourth-order valence-electron chi connectivity index (χ4n) is 4.16. The predicted octanol–water partition coefficient (Wildman–Crippen LogP) is 3.90. The zero-order valence-corrected chi connectivity index (χ0v) is 16.6. The third-order valence-corrected chi connectivity index (χ3v) is 5.80. The fraction of sp³-hybridized carbons (Fsp3) is 0.348. The molecule has 0 fully saturated rings. The molecule has 2 heterocycles. The number of aromatic amines is 1. The Labute approximate surface area is 165 Å². The lowest BCUT2D eigenvalue weighted by Gasteiger charge is -2.40. The summed E-state index contributed by atoms with van der Waals surface area (Å²) in [5.41, 5.74) is 10.7. The van der Waals surface area contributed by atoms with Crippen LogP contribution in [-0.4, -0.2) is 35.5 Å². The Bertz CT molecular complexity index is 994. The second-order valence-electron chi connectivity index (χ2n) is 7.81. The van der Waals surface area contributed by atoms with Crippen LogP contribution in [-0.2, 0) is 6.42 Å². The molecule has 3 N–H and O–H groups in total. The molecule has 2 unspecified atom stereocenters. The summed E-state index contributed by atoms with van der Waals surface area (Å²) in [4.78, 5) is 18.8. The van der Waals surface area contributed by atoms with Gasteiger partial charge in [0.25, 0.3) is 5.91 Å². The molecule has 0 saturated carbocycles. The molecule has 1 aromatic heterocycles. The van der Waals surface area contributed by atoms with Crippen LogP contribution in [0.5, 0.6) is 5.75 Å². The van der Waals surface area contributed by atoms with Crippen LogP contribution in [0.1, 0.15) is 41.5 Å². The first-order chi connectivity index (χ1) is 13.5. The maximum atomic E-state index is 13.3. The number of H-pyrrole nitrogens is 1. The van der Waals surface area contributed by atoms with Gasteiger partial charge in [0.1, 0.15) is 5.75 Å². The summed E-state index contributed by atoms with van der Waals surface area (Å²) in [6.07, 6.45) is 0.794. The smallest absolute Gasteiger partial charge is 0.254 e. The Kier molecular flexibility index (Phi) is 4.85. The van der Waals surface area contributed by atoms with E-state index < -0.39 is 0 Å². The molecule has 0 spiro atoms. The molecule has 0 bridgehead atoms. The highest BCUT2D eigenvalue weighted by Crippen LogP contribution is 2.39. The number of nitrogens with one attached hydrogen (secondary N) is 1. The zero-order valence-electron chi connectivity index (χ0n) is 16.6. The van der Waals surface area contributed by atoms with E-state index in [2.05, 4.69) is 24.9 Å². The number of methoxy groups -OCH3 is 1. The fourth-order valence-corrected chi connectivity index (χ4v) is 4.16. The number of benzene rings is 2. The first-order valence-electron chi connectivity index (χ1n) is 9.81. The molecule has 4 rings (SSSR count). The van der Waals surface area contributed by atoms with Crippen molar-refractivity contribution in [2.75, 3.05) is 13.7 Å². The molecule has 0 aliphatic carbocycles. The van der Waals surface area contributed by atoms with Gasteiger partial charge in [-0.3, -0.25) is 4.79 Å². The molecule has 28 heavy (non-hydrogen) atoms. The number of hydrogen-bond donors (Lipinski definition) is 2. The summed E-state index contributed by atoms with van der Waals surface area (Å²) in [7, 11) is 1.68. The Balaban J connectivity index is 1.82. The number of hydrogen-bond acceptors (Lipinski definition) is 3. The second-order valence-corrected chi connectivity index (χ2v) is 7.81. The van der Waals surface area contributed by atoms with Crippen molar-refractivity contribution in [3.8, 4) is 5.75 Å². The third kappa shape index (κ3) is 3.06. The van der Waals surface area contributed by atoms with Crippen LogP contribution < -0.4 is 10.5 Å². The molecule has 3 aromatic rings. The molecule has 146 valence electrons. The molecular formula is C23H27N3O2. The van der Waals surface area contributed by atoms with Gasteiger partial charge in [0, 0.05) is 34.7 Å². The molecule has 2 atom stereocenters. The molecule has 1 aliphatic heterocycles. The van der Waals surface area contributed by atoms with E-state index >= 15 is 0 Å². The summed E-state index contributed by atoms with van der Waals surface area (Å²) in [6.45, 7) is 4.86. The summed E-state index contributed by atoms with van der Waals surface area (Å²) >= 11 is 0. The van der Waals surface area contributed by atoms with Crippen LogP contribution in [0.25, 0.3) is 10.9 Å². The van der Waals surface area contributed by atoms with Crippen molar-refractivity contribution in [2.45, 2.75) is 32.4 Å². The van der Waals surface area contributed by atoms with Gasteiger partial charge in [-0.15, -0.1) is 0 Å². The average molecular weight is 377 g/mol. The van der Waals surface area contributed by atoms with Crippen LogP contribution in [0.4, 0.5) is 0 Å². The Morgan fingerprint density at radius 3 is 2.64 bits per heavy atom. The molecular weight excluding hydrogens is 350 g/mol. The van der Waals surface area contributed by atoms with Gasteiger partial charge < -0.3 is 20.4 Å². The van der Waals surface area contributed by atoms with E-state index in [1.54, 1.807) is 7.11 Å².